The Kier molecular flexibility index (Phi) is 3.87. The average Bonchev–Trinajstić information content (AvgIpc) is 2.72. The number of ether oxygens (including phenoxy) is 2. The number of thiocarbonyl (C=S) groups is 1. The maximum atomic E-state index is 5.67. The Hall–Kier alpha value is -2.34. The number of benzene rings is 1. The molecule has 1 aromatic carbocycles. The third-order valence-electron chi connectivity index (χ3n) is 3.05. The van der Waals surface area contributed by atoms with Crippen molar-refractivity contribution in [1.29, 1.82) is 0 Å². The van der Waals surface area contributed by atoms with Crippen LogP contribution in [0, 0.1) is 0 Å². The Balaban J connectivity index is 1.83. The molecule has 5 nitrogen and oxygen atoms in total. The first-order chi connectivity index (χ1) is 10.2. The monoisotopic (exact) mass is 301 g/mol. The zero-order chi connectivity index (χ0) is 14.7. The smallest absolute Gasteiger partial charge is 0.163 e. The van der Waals surface area contributed by atoms with Crippen LogP contribution in [0.25, 0.3) is 0 Å². The molecule has 0 unspecified atom stereocenters. The van der Waals surface area contributed by atoms with Crippen molar-refractivity contribution in [2.75, 3.05) is 18.5 Å². The van der Waals surface area contributed by atoms with E-state index >= 15 is 0 Å². The largest absolute Gasteiger partial charge is 0.490 e. The summed E-state index contributed by atoms with van der Waals surface area (Å²) in [6.45, 7) is 1.35. The number of rotatable bonds is 3. The Morgan fingerprint density at radius 2 is 1.86 bits per heavy atom. The molecule has 1 aliphatic heterocycles. The van der Waals surface area contributed by atoms with Crippen molar-refractivity contribution in [2.45, 2.75) is 6.42 Å². The number of pyridine rings is 1. The number of fused-ring (bicyclic) bond motifs is 1. The average molecular weight is 301 g/mol. The van der Waals surface area contributed by atoms with Crippen LogP contribution < -0.4 is 20.5 Å². The summed E-state index contributed by atoms with van der Waals surface area (Å²) in [5.74, 6) is 1.53. The molecule has 3 N–H and O–H groups in total. The number of hydrogen-bond donors (Lipinski definition) is 2. The van der Waals surface area contributed by atoms with Crippen LogP contribution in [-0.2, 0) is 0 Å². The van der Waals surface area contributed by atoms with Crippen LogP contribution in [0.15, 0.2) is 36.5 Å². The van der Waals surface area contributed by atoms with Crippen LogP contribution in [0.2, 0.25) is 0 Å². The summed E-state index contributed by atoms with van der Waals surface area (Å²) >= 11 is 4.93. The van der Waals surface area contributed by atoms with Crippen molar-refractivity contribution < 1.29 is 9.47 Å². The molecule has 0 saturated carbocycles. The van der Waals surface area contributed by atoms with Gasteiger partial charge in [-0.05, 0) is 24.3 Å². The summed E-state index contributed by atoms with van der Waals surface area (Å²) in [4.78, 5) is 4.39. The van der Waals surface area contributed by atoms with E-state index in [9.17, 15) is 0 Å². The highest BCUT2D eigenvalue weighted by molar-refractivity contribution is 7.80. The van der Waals surface area contributed by atoms with Gasteiger partial charge < -0.3 is 20.5 Å². The van der Waals surface area contributed by atoms with E-state index in [1.807, 2.05) is 30.3 Å². The van der Waals surface area contributed by atoms with Gasteiger partial charge in [-0.2, -0.15) is 0 Å². The van der Waals surface area contributed by atoms with E-state index in [0.29, 0.717) is 18.9 Å². The minimum absolute atomic E-state index is 0.275. The van der Waals surface area contributed by atoms with Crippen LogP contribution in [0.3, 0.4) is 0 Å². The maximum absolute atomic E-state index is 5.67. The molecule has 0 amide bonds. The van der Waals surface area contributed by atoms with E-state index < -0.39 is 0 Å². The van der Waals surface area contributed by atoms with Gasteiger partial charge in [0.25, 0.3) is 0 Å². The number of nitrogens with two attached hydrogens (primary N) is 1. The normalized spacial score (nSPS) is 13.3. The number of hydrogen-bond acceptors (Lipinski definition) is 5. The Bertz CT molecular complexity index is 676. The molecule has 2 heterocycles. The van der Waals surface area contributed by atoms with E-state index in [1.54, 1.807) is 6.20 Å². The van der Waals surface area contributed by atoms with Crippen LogP contribution in [0.1, 0.15) is 12.1 Å². The molecule has 6 heteroatoms. The molecule has 0 radical (unpaired) electrons. The molecular weight excluding hydrogens is 286 g/mol. The molecule has 2 aromatic rings. The molecule has 108 valence electrons. The second-order valence-corrected chi connectivity index (χ2v) is 5.07. The zero-order valence-corrected chi connectivity index (χ0v) is 12.2. The predicted octanol–water partition coefficient (Wildman–Crippen LogP) is 2.62. The fourth-order valence-corrected chi connectivity index (χ4v) is 2.16. The number of nitrogens with one attached hydrogen (secondary N) is 1. The van der Waals surface area contributed by atoms with Gasteiger partial charge in [-0.3, -0.25) is 4.98 Å². The molecule has 0 atom stereocenters. The van der Waals surface area contributed by atoms with Gasteiger partial charge in [0.05, 0.1) is 18.9 Å². The second kappa shape index (κ2) is 5.97. The van der Waals surface area contributed by atoms with Gasteiger partial charge in [0.15, 0.2) is 11.5 Å². The number of nitrogens with zero attached hydrogens (tertiary/aromatic N) is 1. The van der Waals surface area contributed by atoms with E-state index in [0.717, 1.165) is 29.3 Å². The van der Waals surface area contributed by atoms with E-state index in [4.69, 9.17) is 27.4 Å². The second-order valence-electron chi connectivity index (χ2n) is 4.63. The standard InChI is InChI=1S/C15H15N3O2S/c16-15(21)12-8-11(4-5-17-12)18-10-2-3-13-14(9-10)20-7-1-6-19-13/h2-5,8-9H,1,6-7H2,(H2,16,21)(H,17,18). The summed E-state index contributed by atoms with van der Waals surface area (Å²) in [6, 6.07) is 9.42. The lowest BCUT2D eigenvalue weighted by Crippen LogP contribution is -2.11. The fourth-order valence-electron chi connectivity index (χ4n) is 2.05. The van der Waals surface area contributed by atoms with Crippen molar-refractivity contribution in [2.24, 2.45) is 5.73 Å². The zero-order valence-electron chi connectivity index (χ0n) is 11.3. The maximum Gasteiger partial charge on any atom is 0.163 e. The van der Waals surface area contributed by atoms with Gasteiger partial charge >= 0.3 is 0 Å². The lowest BCUT2D eigenvalue weighted by atomic mass is 10.2. The van der Waals surface area contributed by atoms with Crippen LogP contribution >= 0.6 is 12.2 Å². The SMILES string of the molecule is NC(=S)c1cc(Nc2ccc3c(c2)OCCCO3)ccn1. The molecule has 21 heavy (non-hydrogen) atoms. The van der Waals surface area contributed by atoms with Crippen molar-refractivity contribution in [3.8, 4) is 11.5 Å². The van der Waals surface area contributed by atoms with Gasteiger partial charge in [0, 0.05) is 30.1 Å². The molecule has 1 aliphatic rings. The van der Waals surface area contributed by atoms with Crippen molar-refractivity contribution in [3.63, 3.8) is 0 Å². The summed E-state index contributed by atoms with van der Waals surface area (Å²) in [5.41, 5.74) is 7.94. The lowest BCUT2D eigenvalue weighted by molar-refractivity contribution is 0.297. The lowest BCUT2D eigenvalue weighted by Gasteiger charge is -2.11. The molecule has 0 saturated heterocycles. The van der Waals surface area contributed by atoms with Gasteiger partial charge in [0.1, 0.15) is 4.99 Å². The highest BCUT2D eigenvalue weighted by Crippen LogP contribution is 2.33. The third kappa shape index (κ3) is 3.22. The van der Waals surface area contributed by atoms with Crippen LogP contribution in [0.4, 0.5) is 11.4 Å². The highest BCUT2D eigenvalue weighted by atomic mass is 32.1. The van der Waals surface area contributed by atoms with Gasteiger partial charge in [-0.25, -0.2) is 0 Å². The van der Waals surface area contributed by atoms with Crippen molar-refractivity contribution in [3.05, 3.63) is 42.2 Å². The molecule has 3 rings (SSSR count). The molecule has 1 aromatic heterocycles. The first-order valence-electron chi connectivity index (χ1n) is 6.65. The van der Waals surface area contributed by atoms with Crippen molar-refractivity contribution in [1.82, 2.24) is 4.98 Å². The van der Waals surface area contributed by atoms with Crippen LogP contribution in [-0.4, -0.2) is 23.2 Å². The molecule has 0 spiro atoms. The topological polar surface area (TPSA) is 69.4 Å². The molecule has 0 aliphatic carbocycles. The first-order valence-corrected chi connectivity index (χ1v) is 7.06. The fraction of sp³-hybridized carbons (Fsp3) is 0.200. The van der Waals surface area contributed by atoms with E-state index in [-0.39, 0.29) is 4.99 Å². The predicted molar refractivity (Wildman–Crippen MR) is 85.5 cm³/mol. The van der Waals surface area contributed by atoms with Crippen LogP contribution in [0.5, 0.6) is 11.5 Å². The quantitative estimate of drug-likeness (QED) is 0.849. The summed E-state index contributed by atoms with van der Waals surface area (Å²) in [6.07, 6.45) is 2.55. The number of anilines is 2. The summed E-state index contributed by atoms with van der Waals surface area (Å²) in [7, 11) is 0. The molecular formula is C15H15N3O2S. The number of aromatic nitrogens is 1. The highest BCUT2D eigenvalue weighted by Gasteiger charge is 2.10. The third-order valence-corrected chi connectivity index (χ3v) is 3.26. The van der Waals surface area contributed by atoms with E-state index in [1.165, 1.54) is 0 Å². The van der Waals surface area contributed by atoms with Gasteiger partial charge in [-0.15, -0.1) is 0 Å². The Morgan fingerprint density at radius 3 is 2.67 bits per heavy atom. The van der Waals surface area contributed by atoms with Gasteiger partial charge in [-0.1, -0.05) is 12.2 Å². The first kappa shape index (κ1) is 13.6. The van der Waals surface area contributed by atoms with Gasteiger partial charge in [0.2, 0.25) is 0 Å². The van der Waals surface area contributed by atoms with E-state index in [2.05, 4.69) is 10.3 Å². The minimum atomic E-state index is 0.275. The molecule has 0 bridgehead atoms. The molecule has 0 fully saturated rings. The van der Waals surface area contributed by atoms with Crippen molar-refractivity contribution >= 4 is 28.6 Å². The summed E-state index contributed by atoms with van der Waals surface area (Å²) < 4.78 is 11.3. The summed E-state index contributed by atoms with van der Waals surface area (Å²) in [5, 5.41) is 3.28. The Morgan fingerprint density at radius 1 is 1.10 bits per heavy atom. The Labute approximate surface area is 128 Å². The minimum Gasteiger partial charge on any atom is -0.490 e.